The van der Waals surface area contributed by atoms with Crippen LogP contribution in [0.3, 0.4) is 0 Å². The summed E-state index contributed by atoms with van der Waals surface area (Å²) in [6.07, 6.45) is 2.25. The van der Waals surface area contributed by atoms with Gasteiger partial charge in [0.05, 0.1) is 19.1 Å². The first kappa shape index (κ1) is 26.5. The minimum absolute atomic E-state index is 0.0129. The van der Waals surface area contributed by atoms with E-state index in [4.69, 9.17) is 14.5 Å². The number of rotatable bonds is 10. The number of hydrogen-bond donors (Lipinski definition) is 1. The molecule has 9 nitrogen and oxygen atoms in total. The molecule has 0 bridgehead atoms. The summed E-state index contributed by atoms with van der Waals surface area (Å²) in [5, 5.41) is 7.50. The summed E-state index contributed by atoms with van der Waals surface area (Å²) < 4.78 is 12.5. The lowest BCUT2D eigenvalue weighted by atomic mass is 9.90. The highest BCUT2D eigenvalue weighted by molar-refractivity contribution is 5.96. The lowest BCUT2D eigenvalue weighted by molar-refractivity contribution is -0.134. The van der Waals surface area contributed by atoms with Gasteiger partial charge in [-0.3, -0.25) is 14.3 Å². The number of nitrogens with one attached hydrogen (secondary N) is 1. The number of amides is 1. The average Bonchev–Trinajstić information content (AvgIpc) is 3.31. The van der Waals surface area contributed by atoms with Crippen molar-refractivity contribution >= 4 is 11.9 Å². The van der Waals surface area contributed by atoms with Crippen LogP contribution in [0.25, 0.3) is 0 Å². The van der Waals surface area contributed by atoms with Gasteiger partial charge in [0.25, 0.3) is 5.91 Å². The van der Waals surface area contributed by atoms with Crippen LogP contribution in [0.2, 0.25) is 0 Å². The predicted molar refractivity (Wildman–Crippen MR) is 142 cm³/mol. The van der Waals surface area contributed by atoms with E-state index in [0.29, 0.717) is 12.2 Å². The number of hydrogen-bond acceptors (Lipinski definition) is 7. The number of ether oxygens (including phenoxy) is 2. The Balaban J connectivity index is 1.62. The zero-order chi connectivity index (χ0) is 27.1. The van der Waals surface area contributed by atoms with Crippen molar-refractivity contribution in [1.82, 2.24) is 25.1 Å². The minimum Gasteiger partial charge on any atom is -0.493 e. The molecular formula is C29H31N5O4. The molecule has 0 aliphatic rings. The first-order valence-electron chi connectivity index (χ1n) is 12.5. The molecule has 0 aliphatic carbocycles. The molecule has 0 aliphatic heterocycles. The van der Waals surface area contributed by atoms with Gasteiger partial charge in [0, 0.05) is 25.7 Å². The summed E-state index contributed by atoms with van der Waals surface area (Å²) in [6.45, 7) is 3.66. The zero-order valence-corrected chi connectivity index (χ0v) is 21.9. The number of pyridine rings is 1. The second-order valence-corrected chi connectivity index (χ2v) is 8.82. The minimum atomic E-state index is -0.554. The maximum Gasteiger partial charge on any atom is 0.311 e. The van der Waals surface area contributed by atoms with Gasteiger partial charge in [-0.25, -0.2) is 9.97 Å². The van der Waals surface area contributed by atoms with Crippen molar-refractivity contribution < 1.29 is 19.1 Å². The van der Waals surface area contributed by atoms with Crippen molar-refractivity contribution in [1.29, 1.82) is 0 Å². The van der Waals surface area contributed by atoms with Gasteiger partial charge in [-0.2, -0.15) is 5.10 Å². The molecule has 0 saturated carbocycles. The maximum absolute atomic E-state index is 13.2. The standard InChI is InChI=1S/C29H31N5O4/c1-5-12-23(35)38-26-22(37-4)17-18-30-25(26)29(36)31-19(2)27-32-28(34(3)33-27)24(20-13-8-6-9-14-20)21-15-10-7-11-16-21/h6-11,13-19,24H,5,12H2,1-4H3,(H,31,36)/t19-/m0/s1. The number of aryl methyl sites for hydroxylation is 1. The Kier molecular flexibility index (Phi) is 8.47. The third-order valence-corrected chi connectivity index (χ3v) is 6.05. The molecule has 0 spiro atoms. The topological polar surface area (TPSA) is 108 Å². The smallest absolute Gasteiger partial charge is 0.311 e. The first-order valence-corrected chi connectivity index (χ1v) is 12.5. The molecule has 4 rings (SSSR count). The lowest BCUT2D eigenvalue weighted by Gasteiger charge is -2.17. The third kappa shape index (κ3) is 5.88. The van der Waals surface area contributed by atoms with Crippen LogP contribution in [0, 0.1) is 0 Å². The van der Waals surface area contributed by atoms with Crippen LogP contribution in [0.15, 0.2) is 72.9 Å². The predicted octanol–water partition coefficient (Wildman–Crippen LogP) is 4.60. The highest BCUT2D eigenvalue weighted by Crippen LogP contribution is 2.32. The SMILES string of the molecule is CCCC(=O)Oc1c(OC)ccnc1C(=O)N[C@@H](C)c1nc(C(c2ccccc2)c2ccccc2)n(C)n1. The second-order valence-electron chi connectivity index (χ2n) is 8.82. The molecule has 1 atom stereocenters. The highest BCUT2D eigenvalue weighted by Gasteiger charge is 2.27. The van der Waals surface area contributed by atoms with Crippen LogP contribution < -0.4 is 14.8 Å². The van der Waals surface area contributed by atoms with E-state index in [1.165, 1.54) is 19.4 Å². The molecule has 2 aromatic heterocycles. The molecule has 0 unspecified atom stereocenters. The number of nitrogens with zero attached hydrogens (tertiary/aromatic N) is 4. The molecule has 1 N–H and O–H groups in total. The summed E-state index contributed by atoms with van der Waals surface area (Å²) in [5.41, 5.74) is 2.11. The Hall–Kier alpha value is -4.53. The quantitative estimate of drug-likeness (QED) is 0.309. The normalized spacial score (nSPS) is 11.7. The average molecular weight is 514 g/mol. The van der Waals surface area contributed by atoms with E-state index < -0.39 is 17.9 Å². The van der Waals surface area contributed by atoms with Crippen LogP contribution in [0.4, 0.5) is 0 Å². The van der Waals surface area contributed by atoms with Crippen LogP contribution in [-0.2, 0) is 11.8 Å². The summed E-state index contributed by atoms with van der Waals surface area (Å²) in [5.74, 6) is 0.274. The van der Waals surface area contributed by atoms with Gasteiger partial charge in [0.1, 0.15) is 5.82 Å². The zero-order valence-electron chi connectivity index (χ0n) is 21.9. The Morgan fingerprint density at radius 3 is 2.21 bits per heavy atom. The molecule has 2 heterocycles. The Bertz CT molecular complexity index is 1350. The van der Waals surface area contributed by atoms with Crippen molar-refractivity contribution in [3.63, 3.8) is 0 Å². The summed E-state index contributed by atoms with van der Waals surface area (Å²) in [6, 6.07) is 21.2. The van der Waals surface area contributed by atoms with Crippen molar-refractivity contribution in [3.8, 4) is 11.5 Å². The first-order chi connectivity index (χ1) is 18.4. The van der Waals surface area contributed by atoms with Gasteiger partial charge in [-0.1, -0.05) is 67.6 Å². The largest absolute Gasteiger partial charge is 0.493 e. The van der Waals surface area contributed by atoms with E-state index in [1.54, 1.807) is 11.6 Å². The number of carbonyl (C=O) groups excluding carboxylic acids is 2. The summed E-state index contributed by atoms with van der Waals surface area (Å²) >= 11 is 0. The Labute approximate surface area is 221 Å². The number of aromatic nitrogens is 4. The van der Waals surface area contributed by atoms with E-state index in [1.807, 2.05) is 50.4 Å². The molecule has 0 radical (unpaired) electrons. The molecule has 1 amide bonds. The fourth-order valence-corrected chi connectivity index (χ4v) is 4.18. The van der Waals surface area contributed by atoms with Gasteiger partial charge >= 0.3 is 5.97 Å². The van der Waals surface area contributed by atoms with Crippen LogP contribution in [0.1, 0.15) is 71.9 Å². The molecule has 9 heteroatoms. The van der Waals surface area contributed by atoms with E-state index in [2.05, 4.69) is 39.7 Å². The fourth-order valence-electron chi connectivity index (χ4n) is 4.18. The molecule has 4 aromatic rings. The fraction of sp³-hybridized carbons (Fsp3) is 0.276. The number of benzene rings is 2. The van der Waals surface area contributed by atoms with Crippen LogP contribution in [0.5, 0.6) is 11.5 Å². The van der Waals surface area contributed by atoms with Gasteiger partial charge in [0.2, 0.25) is 5.75 Å². The van der Waals surface area contributed by atoms with E-state index in [9.17, 15) is 9.59 Å². The van der Waals surface area contributed by atoms with Gasteiger partial charge < -0.3 is 14.8 Å². The van der Waals surface area contributed by atoms with Crippen molar-refractivity contribution in [2.75, 3.05) is 7.11 Å². The molecule has 0 saturated heterocycles. The second kappa shape index (κ2) is 12.1. The van der Waals surface area contributed by atoms with E-state index in [0.717, 1.165) is 17.0 Å². The molecule has 0 fully saturated rings. The lowest BCUT2D eigenvalue weighted by Crippen LogP contribution is -2.29. The van der Waals surface area contributed by atoms with Crippen molar-refractivity contribution in [2.24, 2.45) is 7.05 Å². The van der Waals surface area contributed by atoms with E-state index in [-0.39, 0.29) is 29.5 Å². The molecule has 38 heavy (non-hydrogen) atoms. The maximum atomic E-state index is 13.2. The Morgan fingerprint density at radius 2 is 1.63 bits per heavy atom. The summed E-state index contributed by atoms with van der Waals surface area (Å²) in [7, 11) is 3.28. The van der Waals surface area contributed by atoms with Gasteiger partial charge in [-0.15, -0.1) is 0 Å². The van der Waals surface area contributed by atoms with Crippen molar-refractivity contribution in [3.05, 3.63) is 101 Å². The highest BCUT2D eigenvalue weighted by atomic mass is 16.6. The van der Waals surface area contributed by atoms with Crippen molar-refractivity contribution in [2.45, 2.75) is 38.6 Å². The molecule has 2 aromatic carbocycles. The number of esters is 1. The molecular weight excluding hydrogens is 482 g/mol. The van der Waals surface area contributed by atoms with Crippen LogP contribution in [-0.4, -0.2) is 38.7 Å². The number of carbonyl (C=O) groups is 2. The van der Waals surface area contributed by atoms with Crippen LogP contribution >= 0.6 is 0 Å². The molecule has 196 valence electrons. The monoisotopic (exact) mass is 513 g/mol. The summed E-state index contributed by atoms with van der Waals surface area (Å²) in [4.78, 5) is 34.4. The number of methoxy groups -OCH3 is 1. The third-order valence-electron chi connectivity index (χ3n) is 6.05. The van der Waals surface area contributed by atoms with Gasteiger partial charge in [-0.05, 0) is 24.5 Å². The Morgan fingerprint density at radius 1 is 1.00 bits per heavy atom. The van der Waals surface area contributed by atoms with E-state index >= 15 is 0 Å². The van der Waals surface area contributed by atoms with Gasteiger partial charge in [0.15, 0.2) is 17.3 Å².